The van der Waals surface area contributed by atoms with Crippen LogP contribution in [0, 0.1) is 5.41 Å². The van der Waals surface area contributed by atoms with E-state index in [1.807, 2.05) is 0 Å². The van der Waals surface area contributed by atoms with Crippen LogP contribution in [0.2, 0.25) is 0 Å². The third kappa shape index (κ3) is 5.34. The highest BCUT2D eigenvalue weighted by Crippen LogP contribution is 2.48. The van der Waals surface area contributed by atoms with Gasteiger partial charge in [0.2, 0.25) is 0 Å². The van der Waals surface area contributed by atoms with Crippen molar-refractivity contribution in [2.24, 2.45) is 5.41 Å². The first-order valence-electron chi connectivity index (χ1n) is 7.55. The maximum Gasteiger partial charge on any atom is 0.461 e. The van der Waals surface area contributed by atoms with Crippen molar-refractivity contribution in [2.75, 3.05) is 6.61 Å². The summed E-state index contributed by atoms with van der Waals surface area (Å²) in [5, 5.41) is 10.5. The van der Waals surface area contributed by atoms with E-state index in [0.717, 1.165) is 0 Å². The average Bonchev–Trinajstić information content (AvgIpc) is 2.49. The summed E-state index contributed by atoms with van der Waals surface area (Å²) in [5.41, 5.74) is -0.971. The van der Waals surface area contributed by atoms with Gasteiger partial charge < -0.3 is 9.84 Å². The summed E-state index contributed by atoms with van der Waals surface area (Å²) in [6.45, 7) is 5.53. The minimum Gasteiger partial charge on any atom is -0.491 e. The predicted molar refractivity (Wildman–Crippen MR) is 87.4 cm³/mol. The van der Waals surface area contributed by atoms with Crippen molar-refractivity contribution >= 4 is 11.8 Å². The van der Waals surface area contributed by atoms with Crippen molar-refractivity contribution < 1.29 is 31.8 Å². The second-order valence-electron chi connectivity index (χ2n) is 6.38. The molecule has 0 amide bonds. The summed E-state index contributed by atoms with van der Waals surface area (Å²) >= 11 is 0.639. The third-order valence-corrected chi connectivity index (χ3v) is 4.33. The lowest BCUT2D eigenvalue weighted by Gasteiger charge is -2.32. The molecule has 0 spiro atoms. The zero-order valence-electron chi connectivity index (χ0n) is 14.3. The number of aliphatic hydroxyl groups is 1. The van der Waals surface area contributed by atoms with E-state index in [2.05, 4.69) is 0 Å². The number of benzene rings is 1. The molecule has 0 aromatic heterocycles. The van der Waals surface area contributed by atoms with E-state index in [-0.39, 0.29) is 0 Å². The number of ether oxygens (including phenoxy) is 1. The Kier molecular flexibility index (Phi) is 6.92. The highest BCUT2D eigenvalue weighted by Gasteiger charge is 2.63. The topological polar surface area (TPSA) is 29.5 Å². The van der Waals surface area contributed by atoms with Gasteiger partial charge in [0.15, 0.2) is 5.76 Å². The predicted octanol–water partition coefficient (Wildman–Crippen LogP) is 5.63. The van der Waals surface area contributed by atoms with Gasteiger partial charge in [0, 0.05) is 4.90 Å². The van der Waals surface area contributed by atoms with Crippen LogP contribution >= 0.6 is 11.8 Å². The smallest absolute Gasteiger partial charge is 0.461 e. The summed E-state index contributed by atoms with van der Waals surface area (Å²) in [6.07, 6.45) is -7.41. The zero-order chi connectivity index (χ0) is 19.5. The monoisotopic (exact) mass is 384 g/mol. The number of aliphatic hydroxyl groups excluding tert-OH is 1. The van der Waals surface area contributed by atoms with Gasteiger partial charge in [-0.15, -0.1) is 0 Å². The largest absolute Gasteiger partial charge is 0.491 e. The summed E-state index contributed by atoms with van der Waals surface area (Å²) in [5.74, 6) is -6.77. The number of rotatable bonds is 6. The Morgan fingerprint density at radius 2 is 1.60 bits per heavy atom. The van der Waals surface area contributed by atoms with Crippen molar-refractivity contribution in [1.82, 2.24) is 0 Å². The molecule has 0 radical (unpaired) electrons. The highest BCUT2D eigenvalue weighted by atomic mass is 32.2. The number of halogens is 5. The fraction of sp³-hybridized carbons (Fsp3) is 0.529. The van der Waals surface area contributed by atoms with Crippen LogP contribution in [0.25, 0.3) is 0 Å². The Morgan fingerprint density at radius 1 is 1.08 bits per heavy atom. The molecule has 1 N–H and O–H groups in total. The molecule has 0 bridgehead atoms. The molecule has 1 unspecified atom stereocenters. The molecule has 1 atom stereocenters. The van der Waals surface area contributed by atoms with Crippen molar-refractivity contribution in [3.63, 3.8) is 0 Å². The van der Waals surface area contributed by atoms with Crippen LogP contribution in [-0.2, 0) is 4.74 Å². The van der Waals surface area contributed by atoms with Crippen LogP contribution in [0.1, 0.15) is 27.7 Å². The van der Waals surface area contributed by atoms with E-state index in [1.165, 1.54) is 6.92 Å². The molecule has 0 saturated heterocycles. The van der Waals surface area contributed by atoms with Crippen LogP contribution in [-0.4, -0.2) is 29.9 Å². The van der Waals surface area contributed by atoms with Gasteiger partial charge in [0.1, 0.15) is 0 Å². The maximum absolute atomic E-state index is 14.1. The Bertz CT molecular complexity index is 591. The second-order valence-corrected chi connectivity index (χ2v) is 7.50. The van der Waals surface area contributed by atoms with E-state index >= 15 is 0 Å². The molecule has 142 valence electrons. The van der Waals surface area contributed by atoms with Crippen LogP contribution in [0.5, 0.6) is 0 Å². The average molecular weight is 384 g/mol. The SMILES string of the molecule is CCO/C(=C(/Sc1ccccc1)C(O)C(C)(C)C)C(F)(F)C(F)(F)F. The van der Waals surface area contributed by atoms with Gasteiger partial charge >= 0.3 is 12.1 Å². The Balaban J connectivity index is 3.58. The van der Waals surface area contributed by atoms with Gasteiger partial charge in [0.25, 0.3) is 0 Å². The van der Waals surface area contributed by atoms with Gasteiger partial charge in [-0.1, -0.05) is 50.7 Å². The molecule has 8 heteroatoms. The van der Waals surface area contributed by atoms with Crippen molar-refractivity contribution in [3.05, 3.63) is 41.0 Å². The summed E-state index contributed by atoms with van der Waals surface area (Å²) < 4.78 is 71.5. The quantitative estimate of drug-likeness (QED) is 0.391. The van der Waals surface area contributed by atoms with Crippen molar-refractivity contribution in [1.29, 1.82) is 0 Å². The lowest BCUT2D eigenvalue weighted by atomic mass is 9.88. The second kappa shape index (κ2) is 7.95. The number of thioether (sulfide) groups is 1. The van der Waals surface area contributed by atoms with Crippen molar-refractivity contribution in [3.8, 4) is 0 Å². The molecule has 0 fully saturated rings. The molecule has 1 aromatic rings. The van der Waals surface area contributed by atoms with Crippen LogP contribution in [0.4, 0.5) is 22.0 Å². The first kappa shape index (κ1) is 21.8. The fourth-order valence-electron chi connectivity index (χ4n) is 1.82. The number of allylic oxidation sites excluding steroid dienone is 1. The first-order chi connectivity index (χ1) is 11.3. The molecule has 0 aliphatic heterocycles. The van der Waals surface area contributed by atoms with E-state index < -0.39 is 40.9 Å². The molecule has 0 heterocycles. The molecule has 1 aromatic carbocycles. The lowest BCUT2D eigenvalue weighted by molar-refractivity contribution is -0.277. The lowest BCUT2D eigenvalue weighted by Crippen LogP contribution is -2.41. The van der Waals surface area contributed by atoms with Gasteiger partial charge in [-0.05, 0) is 24.5 Å². The fourth-order valence-corrected chi connectivity index (χ4v) is 3.12. The van der Waals surface area contributed by atoms with E-state index in [4.69, 9.17) is 4.74 Å². The van der Waals surface area contributed by atoms with Crippen molar-refractivity contribution in [2.45, 2.75) is 50.8 Å². The standard InChI is InChI=1S/C17H21F5O2S/c1-5-24-14(16(18,19)17(20,21)22)12(13(23)15(2,3)4)25-11-9-7-6-8-10-11/h6-10,13,23H,5H2,1-4H3/b14-12+. The first-order valence-corrected chi connectivity index (χ1v) is 8.37. The Labute approximate surface area is 148 Å². The highest BCUT2D eigenvalue weighted by molar-refractivity contribution is 8.03. The molecule has 0 aliphatic carbocycles. The Morgan fingerprint density at radius 3 is 2.00 bits per heavy atom. The minimum atomic E-state index is -5.84. The number of alkyl halides is 5. The maximum atomic E-state index is 14.1. The normalized spacial score (nSPS) is 15.6. The summed E-state index contributed by atoms with van der Waals surface area (Å²) in [6, 6.07) is 8.02. The minimum absolute atomic E-state index is 0.392. The molecule has 0 aliphatic rings. The van der Waals surface area contributed by atoms with Gasteiger partial charge in [-0.25, -0.2) is 0 Å². The number of hydrogen-bond donors (Lipinski definition) is 1. The van der Waals surface area contributed by atoms with Crippen LogP contribution in [0.3, 0.4) is 0 Å². The molecule has 0 saturated carbocycles. The van der Waals surface area contributed by atoms with Crippen LogP contribution in [0.15, 0.2) is 45.9 Å². The van der Waals surface area contributed by atoms with E-state index in [9.17, 15) is 27.1 Å². The van der Waals surface area contributed by atoms with E-state index in [1.54, 1.807) is 51.1 Å². The van der Waals surface area contributed by atoms with E-state index in [0.29, 0.717) is 16.7 Å². The van der Waals surface area contributed by atoms with Crippen LogP contribution < -0.4 is 0 Å². The molecule has 1 rings (SSSR count). The van der Waals surface area contributed by atoms with Gasteiger partial charge in [0.05, 0.1) is 17.6 Å². The summed E-state index contributed by atoms with van der Waals surface area (Å²) in [7, 11) is 0. The zero-order valence-corrected chi connectivity index (χ0v) is 15.1. The van der Waals surface area contributed by atoms with Gasteiger partial charge in [-0.3, -0.25) is 0 Å². The third-order valence-electron chi connectivity index (χ3n) is 3.19. The molecule has 2 nitrogen and oxygen atoms in total. The Hall–Kier alpha value is -1.28. The number of hydrogen-bond acceptors (Lipinski definition) is 3. The molecular formula is C17H21F5O2S. The molecule has 25 heavy (non-hydrogen) atoms. The molecular weight excluding hydrogens is 363 g/mol. The summed E-state index contributed by atoms with van der Waals surface area (Å²) in [4.78, 5) is -0.140. The van der Waals surface area contributed by atoms with Gasteiger partial charge in [-0.2, -0.15) is 22.0 Å².